The van der Waals surface area contributed by atoms with Crippen LogP contribution in [0.4, 0.5) is 0 Å². The quantitative estimate of drug-likeness (QED) is 0.591. The first-order valence-corrected chi connectivity index (χ1v) is 10.3. The minimum Gasteiger partial charge on any atom is -0.493 e. The normalized spacial score (nSPS) is 17.1. The average molecular weight is 423 g/mol. The van der Waals surface area contributed by atoms with E-state index in [1.165, 1.54) is 11.8 Å². The Kier molecular flexibility index (Phi) is 7.21. The van der Waals surface area contributed by atoms with Gasteiger partial charge in [-0.3, -0.25) is 9.36 Å². The molecule has 0 spiro atoms. The van der Waals surface area contributed by atoms with Crippen LogP contribution in [0.25, 0.3) is 0 Å². The van der Waals surface area contributed by atoms with Gasteiger partial charge >= 0.3 is 5.69 Å². The van der Waals surface area contributed by atoms with E-state index in [-0.39, 0.29) is 17.7 Å². The molecule has 0 bridgehead atoms. The summed E-state index contributed by atoms with van der Waals surface area (Å²) in [7, 11) is 3.14. The second-order valence-corrected chi connectivity index (χ2v) is 8.03. The topological polar surface area (TPSA) is 107 Å². The van der Waals surface area contributed by atoms with Crippen LogP contribution >= 0.6 is 11.8 Å². The van der Waals surface area contributed by atoms with Crippen molar-refractivity contribution in [2.75, 3.05) is 20.8 Å². The number of rotatable bonds is 9. The number of hydrogen-bond donors (Lipinski definition) is 2. The first kappa shape index (κ1) is 21.3. The molecule has 0 radical (unpaired) electrons. The van der Waals surface area contributed by atoms with Gasteiger partial charge in [0.15, 0.2) is 16.7 Å². The number of carbonyl (C=O) groups excluding carboxylic acids is 1. The number of aromatic amines is 1. The summed E-state index contributed by atoms with van der Waals surface area (Å²) in [6.45, 7) is 3.30. The van der Waals surface area contributed by atoms with E-state index >= 15 is 0 Å². The molecule has 0 saturated carbocycles. The van der Waals surface area contributed by atoms with E-state index in [0.717, 1.165) is 18.4 Å². The van der Waals surface area contributed by atoms with Crippen molar-refractivity contribution < 1.29 is 19.0 Å². The third kappa shape index (κ3) is 5.33. The molecule has 2 heterocycles. The van der Waals surface area contributed by atoms with Crippen LogP contribution in [0.5, 0.6) is 11.5 Å². The number of carbonyl (C=O) groups is 1. The second kappa shape index (κ2) is 9.84. The third-order valence-electron chi connectivity index (χ3n) is 4.70. The average Bonchev–Trinajstić information content (AvgIpc) is 3.37. The van der Waals surface area contributed by atoms with Gasteiger partial charge in [-0.1, -0.05) is 17.8 Å². The zero-order valence-corrected chi connectivity index (χ0v) is 17.6. The van der Waals surface area contributed by atoms with Gasteiger partial charge in [0.05, 0.1) is 32.1 Å². The fourth-order valence-electron chi connectivity index (χ4n) is 3.08. The number of H-pyrrole nitrogens is 1. The summed E-state index contributed by atoms with van der Waals surface area (Å²) >= 11 is 1.24. The van der Waals surface area contributed by atoms with Crippen LogP contribution in [0.2, 0.25) is 0 Å². The number of benzene rings is 1. The summed E-state index contributed by atoms with van der Waals surface area (Å²) in [5.41, 5.74) is 0.601. The van der Waals surface area contributed by atoms with E-state index in [0.29, 0.717) is 36.4 Å². The number of amides is 1. The van der Waals surface area contributed by atoms with Crippen LogP contribution in [0.1, 0.15) is 25.3 Å². The van der Waals surface area contributed by atoms with Crippen molar-refractivity contribution in [2.24, 2.45) is 0 Å². The lowest BCUT2D eigenvalue weighted by atomic mass is 10.2. The molecular weight excluding hydrogens is 396 g/mol. The molecule has 1 aliphatic heterocycles. The predicted molar refractivity (Wildman–Crippen MR) is 109 cm³/mol. The van der Waals surface area contributed by atoms with Crippen molar-refractivity contribution in [3.05, 3.63) is 34.2 Å². The van der Waals surface area contributed by atoms with Crippen molar-refractivity contribution in [1.82, 2.24) is 20.1 Å². The Bertz CT molecular complexity index is 891. The van der Waals surface area contributed by atoms with Gasteiger partial charge < -0.3 is 19.5 Å². The minimum atomic E-state index is -0.423. The maximum absolute atomic E-state index is 12.5. The molecule has 158 valence electrons. The molecule has 1 saturated heterocycles. The molecule has 10 heteroatoms. The summed E-state index contributed by atoms with van der Waals surface area (Å²) in [5.74, 6) is 1.09. The lowest BCUT2D eigenvalue weighted by Crippen LogP contribution is -2.31. The van der Waals surface area contributed by atoms with Crippen molar-refractivity contribution in [3.63, 3.8) is 0 Å². The summed E-state index contributed by atoms with van der Waals surface area (Å²) in [4.78, 5) is 24.6. The van der Waals surface area contributed by atoms with Gasteiger partial charge in [0, 0.05) is 13.2 Å². The molecule has 1 aliphatic rings. The van der Waals surface area contributed by atoms with Crippen molar-refractivity contribution in [1.29, 1.82) is 0 Å². The van der Waals surface area contributed by atoms with Crippen LogP contribution in [0.3, 0.4) is 0 Å². The monoisotopic (exact) mass is 422 g/mol. The molecule has 1 aromatic carbocycles. The lowest BCUT2D eigenvalue weighted by Gasteiger charge is -2.14. The van der Waals surface area contributed by atoms with Crippen molar-refractivity contribution in [2.45, 2.75) is 49.4 Å². The Balaban J connectivity index is 1.58. The molecule has 29 heavy (non-hydrogen) atoms. The van der Waals surface area contributed by atoms with Crippen LogP contribution < -0.4 is 20.5 Å². The van der Waals surface area contributed by atoms with Crippen LogP contribution in [-0.4, -0.2) is 52.9 Å². The number of nitrogens with zero attached hydrogens (tertiary/aromatic N) is 2. The highest BCUT2D eigenvalue weighted by Gasteiger charge is 2.22. The smallest absolute Gasteiger partial charge is 0.344 e. The predicted octanol–water partition coefficient (Wildman–Crippen LogP) is 1.56. The third-order valence-corrected chi connectivity index (χ3v) is 5.79. The van der Waals surface area contributed by atoms with Gasteiger partial charge in [-0.15, -0.1) is 5.10 Å². The van der Waals surface area contributed by atoms with E-state index in [4.69, 9.17) is 14.2 Å². The van der Waals surface area contributed by atoms with Gasteiger partial charge in [-0.05, 0) is 37.5 Å². The van der Waals surface area contributed by atoms with Gasteiger partial charge in [0.2, 0.25) is 5.91 Å². The molecular formula is C19H26N4O5S. The molecule has 9 nitrogen and oxygen atoms in total. The molecule has 3 rings (SSSR count). The zero-order chi connectivity index (χ0) is 20.8. The standard InChI is InChI=1S/C19H26N4O5S/c1-12(17(24)20-10-13-6-7-15(26-2)16(9-13)27-3)29-19-22-21-18(25)23(19)11-14-5-4-8-28-14/h6-7,9,12,14H,4-5,8,10-11H2,1-3H3,(H,20,24)(H,21,25)/t12-,14-/m1/s1. The summed E-state index contributed by atoms with van der Waals surface area (Å²) in [6, 6.07) is 5.49. The molecule has 2 N–H and O–H groups in total. The van der Waals surface area contributed by atoms with Gasteiger partial charge in [-0.2, -0.15) is 0 Å². The van der Waals surface area contributed by atoms with Gasteiger partial charge in [0.25, 0.3) is 0 Å². The maximum atomic E-state index is 12.5. The second-order valence-electron chi connectivity index (χ2n) is 6.72. The number of ether oxygens (including phenoxy) is 3. The molecule has 0 unspecified atom stereocenters. The highest BCUT2D eigenvalue weighted by Crippen LogP contribution is 2.27. The summed E-state index contributed by atoms with van der Waals surface area (Å²) in [6.07, 6.45) is 1.93. The SMILES string of the molecule is COc1ccc(CNC(=O)[C@@H](C)Sc2n[nH]c(=O)n2C[C@H]2CCCO2)cc1OC. The highest BCUT2D eigenvalue weighted by molar-refractivity contribution is 8.00. The number of methoxy groups -OCH3 is 2. The number of nitrogens with one attached hydrogen (secondary N) is 2. The minimum absolute atomic E-state index is 0.0128. The highest BCUT2D eigenvalue weighted by atomic mass is 32.2. The maximum Gasteiger partial charge on any atom is 0.344 e. The molecule has 1 aromatic heterocycles. The first-order chi connectivity index (χ1) is 14.0. The number of hydrogen-bond acceptors (Lipinski definition) is 7. The Morgan fingerprint density at radius 3 is 2.90 bits per heavy atom. The fourth-order valence-corrected chi connectivity index (χ4v) is 3.97. The van der Waals surface area contributed by atoms with E-state index < -0.39 is 5.25 Å². The Morgan fingerprint density at radius 1 is 1.41 bits per heavy atom. The molecule has 2 aromatic rings. The first-order valence-electron chi connectivity index (χ1n) is 9.44. The fraction of sp³-hybridized carbons (Fsp3) is 0.526. The number of thioether (sulfide) groups is 1. The molecule has 1 fully saturated rings. The largest absolute Gasteiger partial charge is 0.493 e. The Labute approximate surface area is 173 Å². The van der Waals surface area contributed by atoms with Crippen LogP contribution in [0.15, 0.2) is 28.2 Å². The molecule has 2 atom stereocenters. The van der Waals surface area contributed by atoms with Crippen LogP contribution in [0, 0.1) is 0 Å². The van der Waals surface area contributed by atoms with E-state index in [9.17, 15) is 9.59 Å². The Morgan fingerprint density at radius 2 is 2.21 bits per heavy atom. The van der Waals surface area contributed by atoms with E-state index in [2.05, 4.69) is 15.5 Å². The summed E-state index contributed by atoms with van der Waals surface area (Å²) < 4.78 is 17.6. The van der Waals surface area contributed by atoms with Crippen LogP contribution in [-0.2, 0) is 22.6 Å². The van der Waals surface area contributed by atoms with Gasteiger partial charge in [-0.25, -0.2) is 9.89 Å². The molecule has 1 amide bonds. The summed E-state index contributed by atoms with van der Waals surface area (Å²) in [5, 5.41) is 9.49. The van der Waals surface area contributed by atoms with E-state index in [1.54, 1.807) is 31.8 Å². The van der Waals surface area contributed by atoms with Crippen molar-refractivity contribution in [3.8, 4) is 11.5 Å². The van der Waals surface area contributed by atoms with Gasteiger partial charge in [0.1, 0.15) is 0 Å². The lowest BCUT2D eigenvalue weighted by molar-refractivity contribution is -0.120. The molecule has 0 aliphatic carbocycles. The Hall–Kier alpha value is -2.46. The van der Waals surface area contributed by atoms with Crippen molar-refractivity contribution >= 4 is 17.7 Å². The van der Waals surface area contributed by atoms with E-state index in [1.807, 2.05) is 12.1 Å². The number of aromatic nitrogens is 3. The zero-order valence-electron chi connectivity index (χ0n) is 16.8.